The summed E-state index contributed by atoms with van der Waals surface area (Å²) in [6.45, 7) is 1.07. The molecule has 0 bridgehead atoms. The summed E-state index contributed by atoms with van der Waals surface area (Å²) in [4.78, 5) is 24.3. The number of halogens is 3. The van der Waals surface area contributed by atoms with Crippen LogP contribution in [0.15, 0.2) is 53.4 Å². The molecule has 0 atom stereocenters. The van der Waals surface area contributed by atoms with Gasteiger partial charge in [-0.2, -0.15) is 0 Å². The van der Waals surface area contributed by atoms with E-state index in [4.69, 9.17) is 25.8 Å². The summed E-state index contributed by atoms with van der Waals surface area (Å²) in [6.07, 6.45) is 0. The molecule has 194 valence electrons. The quantitative estimate of drug-likeness (QED) is 0.426. The summed E-state index contributed by atoms with van der Waals surface area (Å²) in [5.41, 5.74) is -0.843. The molecule has 3 aromatic rings. The maximum absolute atomic E-state index is 14.8. The van der Waals surface area contributed by atoms with Gasteiger partial charge in [-0.3, -0.25) is 4.79 Å². The van der Waals surface area contributed by atoms with Crippen LogP contribution in [0.5, 0.6) is 11.5 Å². The van der Waals surface area contributed by atoms with Gasteiger partial charge in [0.05, 0.1) is 19.3 Å². The number of esters is 1. The first-order valence-electron chi connectivity index (χ1n) is 10.7. The van der Waals surface area contributed by atoms with Crippen LogP contribution < -0.4 is 19.1 Å². The summed E-state index contributed by atoms with van der Waals surface area (Å²) < 4.78 is 71.8. The fraction of sp³-hybridized carbons (Fsp3) is 0.167. The molecule has 3 aromatic carbocycles. The summed E-state index contributed by atoms with van der Waals surface area (Å²) in [7, 11) is -3.07. The van der Waals surface area contributed by atoms with Crippen LogP contribution in [0, 0.1) is 11.6 Å². The predicted octanol–water partition coefficient (Wildman–Crippen LogP) is 4.60. The van der Waals surface area contributed by atoms with Gasteiger partial charge in [0.25, 0.3) is 15.9 Å². The van der Waals surface area contributed by atoms with Crippen molar-refractivity contribution < 1.29 is 41.0 Å². The van der Waals surface area contributed by atoms with Gasteiger partial charge in [-0.15, -0.1) is 0 Å². The van der Waals surface area contributed by atoms with Crippen LogP contribution in [0.2, 0.25) is 5.02 Å². The normalized spacial score (nSPS) is 12.5. The third-order valence-electron chi connectivity index (χ3n) is 5.30. The maximum Gasteiger partial charge on any atom is 0.341 e. The number of fused-ring (bicyclic) bond motifs is 1. The molecular formula is C24H19ClF2N2O7S. The standard InChI is InChI=1S/C24H19ClF2N2O7S/c1-3-35-24(31)16-6-5-15(11-17(16)26)28-23(30)13-8-18(27)22-19(9-13)29(12-36-22)37(32,33)21-10-14(25)4-7-20(21)34-2/h4-11H,3,12H2,1-2H3,(H,28,30). The van der Waals surface area contributed by atoms with Gasteiger partial charge >= 0.3 is 5.97 Å². The molecule has 0 aliphatic carbocycles. The zero-order chi connectivity index (χ0) is 26.9. The predicted molar refractivity (Wildman–Crippen MR) is 130 cm³/mol. The van der Waals surface area contributed by atoms with Crippen LogP contribution in [0.4, 0.5) is 20.2 Å². The zero-order valence-electron chi connectivity index (χ0n) is 19.4. The van der Waals surface area contributed by atoms with Crippen molar-refractivity contribution in [3.8, 4) is 11.5 Å². The minimum atomic E-state index is -4.35. The molecule has 1 aliphatic rings. The average molecular weight is 553 g/mol. The van der Waals surface area contributed by atoms with Gasteiger partial charge in [0, 0.05) is 16.3 Å². The van der Waals surface area contributed by atoms with Crippen molar-refractivity contribution in [2.75, 3.05) is 30.1 Å². The number of benzene rings is 3. The highest BCUT2D eigenvalue weighted by atomic mass is 35.5. The van der Waals surface area contributed by atoms with Crippen molar-refractivity contribution in [1.29, 1.82) is 0 Å². The van der Waals surface area contributed by atoms with Crippen molar-refractivity contribution in [1.82, 2.24) is 0 Å². The van der Waals surface area contributed by atoms with Crippen molar-refractivity contribution in [2.24, 2.45) is 0 Å². The number of ether oxygens (including phenoxy) is 3. The zero-order valence-corrected chi connectivity index (χ0v) is 21.0. The molecule has 0 unspecified atom stereocenters. The number of methoxy groups -OCH3 is 1. The van der Waals surface area contributed by atoms with Gasteiger partial charge < -0.3 is 19.5 Å². The van der Waals surface area contributed by atoms with Crippen LogP contribution in [0.25, 0.3) is 0 Å². The van der Waals surface area contributed by atoms with Gasteiger partial charge in [-0.05, 0) is 55.5 Å². The Morgan fingerprint density at radius 1 is 1.11 bits per heavy atom. The molecule has 9 nitrogen and oxygen atoms in total. The molecule has 0 saturated heterocycles. The van der Waals surface area contributed by atoms with Crippen molar-refractivity contribution in [3.05, 3.63) is 76.3 Å². The lowest BCUT2D eigenvalue weighted by molar-refractivity contribution is 0.0521. The van der Waals surface area contributed by atoms with E-state index in [1.165, 1.54) is 31.4 Å². The number of hydrogen-bond acceptors (Lipinski definition) is 7. The van der Waals surface area contributed by atoms with Gasteiger partial charge in [0.2, 0.25) is 0 Å². The number of amides is 1. The van der Waals surface area contributed by atoms with Crippen LogP contribution in [0.3, 0.4) is 0 Å². The van der Waals surface area contributed by atoms with Crippen LogP contribution >= 0.6 is 11.6 Å². The van der Waals surface area contributed by atoms with Gasteiger partial charge in [0.15, 0.2) is 18.3 Å². The fourth-order valence-corrected chi connectivity index (χ4v) is 5.31. The van der Waals surface area contributed by atoms with E-state index in [9.17, 15) is 26.8 Å². The van der Waals surface area contributed by atoms with E-state index in [-0.39, 0.29) is 50.5 Å². The highest BCUT2D eigenvalue weighted by molar-refractivity contribution is 7.93. The van der Waals surface area contributed by atoms with E-state index < -0.39 is 40.3 Å². The molecule has 1 heterocycles. The number of rotatable bonds is 7. The molecule has 1 N–H and O–H groups in total. The third kappa shape index (κ3) is 5.02. The van der Waals surface area contributed by atoms with E-state index >= 15 is 0 Å². The molecule has 0 spiro atoms. The molecule has 0 aromatic heterocycles. The lowest BCUT2D eigenvalue weighted by atomic mass is 10.1. The Kier molecular flexibility index (Phi) is 7.23. The molecule has 4 rings (SSSR count). The minimum Gasteiger partial charge on any atom is -0.495 e. The van der Waals surface area contributed by atoms with Crippen molar-refractivity contribution in [2.45, 2.75) is 11.8 Å². The minimum absolute atomic E-state index is 0.000474. The summed E-state index contributed by atoms with van der Waals surface area (Å²) in [5, 5.41) is 2.51. The summed E-state index contributed by atoms with van der Waals surface area (Å²) in [6, 6.07) is 9.26. The fourth-order valence-electron chi connectivity index (χ4n) is 3.57. The Hall–Kier alpha value is -3.90. The molecule has 0 saturated carbocycles. The number of carbonyl (C=O) groups excluding carboxylic acids is 2. The highest BCUT2D eigenvalue weighted by Crippen LogP contribution is 2.42. The second-order valence-electron chi connectivity index (χ2n) is 7.60. The number of nitrogens with zero attached hydrogens (tertiary/aromatic N) is 1. The van der Waals surface area contributed by atoms with Crippen LogP contribution in [-0.2, 0) is 14.8 Å². The lowest BCUT2D eigenvalue weighted by Crippen LogP contribution is -2.30. The number of anilines is 2. The van der Waals surface area contributed by atoms with E-state index in [0.717, 1.165) is 28.6 Å². The smallest absolute Gasteiger partial charge is 0.341 e. The number of nitrogens with one attached hydrogen (secondary N) is 1. The molecular weight excluding hydrogens is 534 g/mol. The van der Waals surface area contributed by atoms with Crippen molar-refractivity contribution >= 4 is 44.9 Å². The average Bonchev–Trinajstić information content (AvgIpc) is 3.30. The van der Waals surface area contributed by atoms with Crippen LogP contribution in [0.1, 0.15) is 27.6 Å². The molecule has 37 heavy (non-hydrogen) atoms. The number of carbonyl (C=O) groups is 2. The first kappa shape index (κ1) is 26.2. The van der Waals surface area contributed by atoms with Gasteiger partial charge in [-0.1, -0.05) is 11.6 Å². The molecule has 13 heteroatoms. The van der Waals surface area contributed by atoms with E-state index in [0.29, 0.717) is 0 Å². The monoisotopic (exact) mass is 552 g/mol. The SMILES string of the molecule is CCOC(=O)c1ccc(NC(=O)c2cc(F)c3c(c2)N(S(=O)(=O)c2cc(Cl)ccc2OC)CO3)cc1F. The Bertz CT molecular complexity index is 1520. The first-order chi connectivity index (χ1) is 17.6. The Balaban J connectivity index is 1.65. The third-order valence-corrected chi connectivity index (χ3v) is 7.29. The van der Waals surface area contributed by atoms with Crippen LogP contribution in [-0.4, -0.2) is 40.7 Å². The van der Waals surface area contributed by atoms with Gasteiger partial charge in [-0.25, -0.2) is 26.3 Å². The molecule has 0 radical (unpaired) electrons. The molecule has 1 aliphatic heterocycles. The lowest BCUT2D eigenvalue weighted by Gasteiger charge is -2.19. The summed E-state index contributed by atoms with van der Waals surface area (Å²) in [5.74, 6) is -4.02. The number of hydrogen-bond donors (Lipinski definition) is 1. The van der Waals surface area contributed by atoms with Gasteiger partial charge in [0.1, 0.15) is 22.1 Å². The summed E-state index contributed by atoms with van der Waals surface area (Å²) >= 11 is 5.97. The molecule has 0 fully saturated rings. The topological polar surface area (TPSA) is 111 Å². The van der Waals surface area contributed by atoms with Crippen molar-refractivity contribution in [3.63, 3.8) is 0 Å². The van der Waals surface area contributed by atoms with E-state index in [2.05, 4.69) is 5.32 Å². The number of sulfonamides is 1. The second-order valence-corrected chi connectivity index (χ2v) is 9.86. The van der Waals surface area contributed by atoms with E-state index in [1.807, 2.05) is 0 Å². The highest BCUT2D eigenvalue weighted by Gasteiger charge is 2.37. The molecule has 1 amide bonds. The largest absolute Gasteiger partial charge is 0.495 e. The second kappa shape index (κ2) is 10.2. The van der Waals surface area contributed by atoms with E-state index in [1.54, 1.807) is 6.92 Å². The Labute approximate surface area is 215 Å². The Morgan fingerprint density at radius 2 is 1.86 bits per heavy atom. The maximum atomic E-state index is 14.8. The Morgan fingerprint density at radius 3 is 2.54 bits per heavy atom. The first-order valence-corrected chi connectivity index (χ1v) is 12.5.